The summed E-state index contributed by atoms with van der Waals surface area (Å²) in [7, 11) is 0. The first-order chi connectivity index (χ1) is 12.5. The molecule has 3 heteroatoms. The van der Waals surface area contributed by atoms with Crippen molar-refractivity contribution in [1.29, 1.82) is 0 Å². The van der Waals surface area contributed by atoms with Crippen LogP contribution in [0.3, 0.4) is 0 Å². The Bertz CT molecular complexity index is 816. The van der Waals surface area contributed by atoms with Gasteiger partial charge < -0.3 is 24.8 Å². The van der Waals surface area contributed by atoms with Gasteiger partial charge in [-0.2, -0.15) is 42.0 Å². The van der Waals surface area contributed by atoms with Crippen molar-refractivity contribution in [1.82, 2.24) is 0 Å². The average molecular weight is 487 g/mol. The summed E-state index contributed by atoms with van der Waals surface area (Å²) in [5.74, 6) is 0. The molecule has 0 amide bonds. The van der Waals surface area contributed by atoms with Crippen LogP contribution in [0.4, 0.5) is 0 Å². The van der Waals surface area contributed by atoms with Crippen LogP contribution in [0.15, 0.2) is 73.8 Å². The standard InChI is InChI=1S/C17H13.C5H5.C3H6.2ClH.Zr/c1-3-12-5-7-14-11-15-8-6-13(4-2)10-17(15)16(14)9-12;1-2-4-5-3-1;1-3-2;;;/h3-7,9-10H,1-2,11H2;1-5H;1-2H3;2*1H;/q2*-1;;;;+2/p-2. The molecule has 0 spiro atoms. The first kappa shape index (κ1) is 26.6. The second-order valence-electron chi connectivity index (χ2n) is 6.29. The molecule has 0 saturated carbocycles. The van der Waals surface area contributed by atoms with Gasteiger partial charge in [-0.25, -0.2) is 12.1 Å². The Morgan fingerprint density at radius 2 is 1.57 bits per heavy atom. The van der Waals surface area contributed by atoms with E-state index < -0.39 is 0 Å². The maximum Gasteiger partial charge on any atom is -0.172 e. The van der Waals surface area contributed by atoms with E-state index in [9.17, 15) is 0 Å². The van der Waals surface area contributed by atoms with Crippen LogP contribution in [0.5, 0.6) is 0 Å². The number of fused-ring (bicyclic) bond motifs is 3. The van der Waals surface area contributed by atoms with Crippen molar-refractivity contribution in [3.63, 3.8) is 0 Å². The van der Waals surface area contributed by atoms with E-state index in [-0.39, 0.29) is 24.8 Å². The Kier molecular flexibility index (Phi) is 13.0. The van der Waals surface area contributed by atoms with Crippen molar-refractivity contribution in [2.75, 3.05) is 0 Å². The van der Waals surface area contributed by atoms with E-state index in [4.69, 9.17) is 0 Å². The molecule has 3 aromatic rings. The van der Waals surface area contributed by atoms with E-state index in [1.54, 1.807) is 24.2 Å². The molecule has 0 atom stereocenters. The summed E-state index contributed by atoms with van der Waals surface area (Å²) < 4.78 is 1.51. The monoisotopic (exact) mass is 484 g/mol. The van der Waals surface area contributed by atoms with Gasteiger partial charge in [-0.05, 0) is 12.0 Å². The Morgan fingerprint density at radius 3 is 2.07 bits per heavy atom. The molecule has 0 nitrogen and oxygen atoms in total. The fraction of sp³-hybridized carbons (Fsp3) is 0.120. The quantitative estimate of drug-likeness (QED) is 0.362. The predicted octanol–water partition coefficient (Wildman–Crippen LogP) is 0.503. The van der Waals surface area contributed by atoms with Crippen LogP contribution >= 0.6 is 0 Å². The third-order valence-corrected chi connectivity index (χ3v) is 3.87. The first-order valence-electron chi connectivity index (χ1n) is 8.66. The normalized spacial score (nSPS) is 9.57. The molecular weight excluding hydrogens is 462 g/mol. The van der Waals surface area contributed by atoms with Gasteiger partial charge in [0.25, 0.3) is 0 Å². The molecule has 0 unspecified atom stereocenters. The van der Waals surface area contributed by atoms with Gasteiger partial charge in [0, 0.05) is 0 Å². The smallest absolute Gasteiger partial charge is 0.172 e. The fourth-order valence-corrected chi connectivity index (χ4v) is 2.69. The number of hydrogen-bond donors (Lipinski definition) is 0. The van der Waals surface area contributed by atoms with E-state index in [2.05, 4.69) is 57.3 Å². The molecule has 0 bridgehead atoms. The number of rotatable bonds is 2. The summed E-state index contributed by atoms with van der Waals surface area (Å²) in [4.78, 5) is 0. The first-order valence-corrected chi connectivity index (χ1v) is 9.89. The molecule has 3 aromatic carbocycles. The molecule has 0 radical (unpaired) electrons. The van der Waals surface area contributed by atoms with Crippen LogP contribution in [0, 0.1) is 6.07 Å². The molecule has 0 fully saturated rings. The average Bonchev–Trinajstić information content (AvgIpc) is 3.31. The largest absolute Gasteiger partial charge is 1.00 e. The Hall–Kier alpha value is -1.40. The van der Waals surface area contributed by atoms with E-state index in [0.29, 0.717) is 0 Å². The summed E-state index contributed by atoms with van der Waals surface area (Å²) in [6, 6.07) is 24.1. The summed E-state index contributed by atoms with van der Waals surface area (Å²) in [6.45, 7) is 11.9. The SMILES string of the molecule is C=Cc1c[c-]c2c(c1)-c1cc(C=C)ccc1C2.C[C](C)=[Zr+2].[Cl-].[Cl-].c1cc[cH-]c1. The van der Waals surface area contributed by atoms with Gasteiger partial charge in [-0.15, -0.1) is 23.8 Å². The minimum atomic E-state index is 0. The third-order valence-electron chi connectivity index (χ3n) is 3.87. The van der Waals surface area contributed by atoms with Gasteiger partial charge in [-0.3, -0.25) is 0 Å². The Balaban J connectivity index is 0.000000559. The van der Waals surface area contributed by atoms with Crippen LogP contribution in [-0.4, -0.2) is 3.21 Å². The minimum absolute atomic E-state index is 0. The number of benzene rings is 2. The maximum atomic E-state index is 3.82. The summed E-state index contributed by atoms with van der Waals surface area (Å²) in [5.41, 5.74) is 7.56. The zero-order valence-corrected chi connectivity index (χ0v) is 20.3. The zero-order valence-electron chi connectivity index (χ0n) is 16.3. The summed E-state index contributed by atoms with van der Waals surface area (Å²) >= 11 is 1.55. The zero-order chi connectivity index (χ0) is 18.9. The van der Waals surface area contributed by atoms with Crippen LogP contribution in [0.1, 0.15) is 36.1 Å². The molecule has 0 aromatic heterocycles. The van der Waals surface area contributed by atoms with E-state index in [1.165, 1.54) is 31.0 Å². The van der Waals surface area contributed by atoms with Crippen molar-refractivity contribution in [3.8, 4) is 11.1 Å². The van der Waals surface area contributed by atoms with Crippen molar-refractivity contribution < 1.29 is 49.0 Å². The summed E-state index contributed by atoms with van der Waals surface area (Å²) in [6.07, 6.45) is 4.74. The van der Waals surface area contributed by atoms with E-state index in [0.717, 1.165) is 12.0 Å². The molecule has 1 aliphatic rings. The predicted molar refractivity (Wildman–Crippen MR) is 112 cm³/mol. The van der Waals surface area contributed by atoms with Gasteiger partial charge in [0.1, 0.15) is 0 Å². The van der Waals surface area contributed by atoms with Crippen LogP contribution in [0.25, 0.3) is 23.3 Å². The molecular formula is C25H24Cl2Zr-2. The second-order valence-corrected chi connectivity index (χ2v) is 8.75. The van der Waals surface area contributed by atoms with Gasteiger partial charge in [0.05, 0.1) is 0 Å². The van der Waals surface area contributed by atoms with Crippen LogP contribution in [-0.2, 0) is 30.7 Å². The van der Waals surface area contributed by atoms with Gasteiger partial charge in [-0.1, -0.05) is 42.0 Å². The number of halogens is 2. The second kappa shape index (κ2) is 13.7. The topological polar surface area (TPSA) is 0 Å². The van der Waals surface area contributed by atoms with Crippen molar-refractivity contribution in [2.45, 2.75) is 20.3 Å². The molecule has 0 heterocycles. The fourth-order valence-electron chi connectivity index (χ4n) is 2.69. The van der Waals surface area contributed by atoms with Crippen molar-refractivity contribution in [2.24, 2.45) is 0 Å². The van der Waals surface area contributed by atoms with Crippen molar-refractivity contribution in [3.05, 3.63) is 102 Å². The Labute approximate surface area is 196 Å². The molecule has 28 heavy (non-hydrogen) atoms. The van der Waals surface area contributed by atoms with E-state index >= 15 is 0 Å². The van der Waals surface area contributed by atoms with Crippen LogP contribution < -0.4 is 24.8 Å². The number of hydrogen-bond acceptors (Lipinski definition) is 0. The van der Waals surface area contributed by atoms with Gasteiger partial charge in [0.15, 0.2) is 0 Å². The van der Waals surface area contributed by atoms with Gasteiger partial charge in [0.2, 0.25) is 0 Å². The molecule has 4 rings (SSSR count). The molecule has 144 valence electrons. The molecule has 0 N–H and O–H groups in total. The molecule has 0 aliphatic heterocycles. The minimum Gasteiger partial charge on any atom is -1.00 e. The Morgan fingerprint density at radius 1 is 1.00 bits per heavy atom. The molecule has 0 saturated heterocycles. The third kappa shape index (κ3) is 7.92. The summed E-state index contributed by atoms with van der Waals surface area (Å²) in [5, 5.41) is 0. The van der Waals surface area contributed by atoms with Gasteiger partial charge >= 0.3 is 41.3 Å². The van der Waals surface area contributed by atoms with Crippen molar-refractivity contribution >= 4 is 15.4 Å². The maximum absolute atomic E-state index is 3.82. The van der Waals surface area contributed by atoms with E-state index in [1.807, 2.05) is 48.6 Å². The van der Waals surface area contributed by atoms with Crippen LogP contribution in [0.2, 0.25) is 0 Å². The molecule has 1 aliphatic carbocycles.